The third-order valence-electron chi connectivity index (χ3n) is 6.60. The van der Waals surface area contributed by atoms with Crippen LogP contribution < -0.4 is 5.32 Å². The molecule has 0 unspecified atom stereocenters. The fourth-order valence-corrected chi connectivity index (χ4v) is 4.78. The van der Waals surface area contributed by atoms with Crippen LogP contribution in [0.15, 0.2) is 84.9 Å². The van der Waals surface area contributed by atoms with E-state index in [9.17, 15) is 5.11 Å². The number of aryl methyl sites for hydroxylation is 2. The summed E-state index contributed by atoms with van der Waals surface area (Å²) < 4.78 is 0. The van der Waals surface area contributed by atoms with Gasteiger partial charge >= 0.3 is 0 Å². The molecule has 0 saturated carbocycles. The molecule has 5 rings (SSSR count). The van der Waals surface area contributed by atoms with Crippen molar-refractivity contribution in [1.29, 1.82) is 0 Å². The molecule has 3 heteroatoms. The van der Waals surface area contributed by atoms with Crippen LogP contribution in [0.25, 0.3) is 0 Å². The van der Waals surface area contributed by atoms with E-state index in [-0.39, 0.29) is 0 Å². The van der Waals surface area contributed by atoms with Gasteiger partial charge in [-0.1, -0.05) is 74.0 Å². The molecule has 0 amide bonds. The summed E-state index contributed by atoms with van der Waals surface area (Å²) in [6.45, 7) is 7.13. The Morgan fingerprint density at radius 1 is 0.853 bits per heavy atom. The summed E-state index contributed by atoms with van der Waals surface area (Å²) in [5.41, 5.74) is 4.00. The summed E-state index contributed by atoms with van der Waals surface area (Å²) in [6, 6.07) is 28.2. The van der Waals surface area contributed by atoms with Crippen molar-refractivity contribution in [2.24, 2.45) is 5.92 Å². The third-order valence-corrected chi connectivity index (χ3v) is 6.60. The van der Waals surface area contributed by atoms with Gasteiger partial charge in [0.05, 0.1) is 0 Å². The lowest BCUT2D eigenvalue weighted by Gasteiger charge is -2.16. The number of phenolic OH excluding ortho intramolecular Hbond substituents is 1. The molecule has 1 atom stereocenters. The Labute approximate surface area is 206 Å². The Morgan fingerprint density at radius 3 is 2.18 bits per heavy atom. The van der Waals surface area contributed by atoms with Gasteiger partial charge in [-0.25, -0.2) is 0 Å². The molecule has 3 nitrogen and oxygen atoms in total. The molecular weight excluding hydrogens is 416 g/mol. The van der Waals surface area contributed by atoms with Crippen LogP contribution in [0.2, 0.25) is 0 Å². The highest BCUT2D eigenvalue weighted by atomic mass is 16.3. The number of hydrogen-bond acceptors (Lipinski definition) is 3. The second-order valence-corrected chi connectivity index (χ2v) is 9.35. The van der Waals surface area contributed by atoms with Crippen LogP contribution in [0.3, 0.4) is 0 Å². The first-order valence-corrected chi connectivity index (χ1v) is 13.1. The third kappa shape index (κ3) is 9.61. The van der Waals surface area contributed by atoms with E-state index >= 15 is 0 Å². The molecule has 1 aliphatic carbocycles. The summed E-state index contributed by atoms with van der Waals surface area (Å²) in [4.78, 5) is 2.59. The van der Waals surface area contributed by atoms with E-state index in [1.54, 1.807) is 6.07 Å². The lowest BCUT2D eigenvalue weighted by molar-refractivity contribution is 0.332. The fourth-order valence-electron chi connectivity index (χ4n) is 4.78. The van der Waals surface area contributed by atoms with E-state index in [1.165, 1.54) is 75.0 Å². The van der Waals surface area contributed by atoms with Crippen LogP contribution in [0.1, 0.15) is 50.2 Å². The van der Waals surface area contributed by atoms with Crippen molar-refractivity contribution in [2.75, 3.05) is 31.5 Å². The number of rotatable bonds is 6. The maximum atomic E-state index is 9.19. The minimum Gasteiger partial charge on any atom is -0.508 e. The van der Waals surface area contributed by atoms with Gasteiger partial charge in [0.25, 0.3) is 0 Å². The lowest BCUT2D eigenvalue weighted by atomic mass is 9.92. The van der Waals surface area contributed by atoms with E-state index in [2.05, 4.69) is 47.5 Å². The maximum absolute atomic E-state index is 9.19. The average Bonchev–Trinajstić information content (AvgIpc) is 3.34. The van der Waals surface area contributed by atoms with Gasteiger partial charge in [0.2, 0.25) is 0 Å². The minimum absolute atomic E-state index is 0.408. The van der Waals surface area contributed by atoms with Gasteiger partial charge in [-0.15, -0.1) is 0 Å². The van der Waals surface area contributed by atoms with Crippen molar-refractivity contribution >= 4 is 5.69 Å². The SMILES string of the molecule is CCC[C@@H]1CCN(CCNc2ccccc2)C1.Oc1ccc2c(c1)CCCC2.c1ccccc1. The predicted molar refractivity (Wildman–Crippen MR) is 146 cm³/mol. The van der Waals surface area contributed by atoms with Crippen molar-refractivity contribution in [2.45, 2.75) is 51.9 Å². The van der Waals surface area contributed by atoms with Gasteiger partial charge in [0, 0.05) is 25.3 Å². The summed E-state index contributed by atoms with van der Waals surface area (Å²) in [5.74, 6) is 1.36. The molecule has 1 saturated heterocycles. The Kier molecular flexibility index (Phi) is 11.5. The van der Waals surface area contributed by atoms with E-state index < -0.39 is 0 Å². The Balaban J connectivity index is 0.000000162. The molecule has 182 valence electrons. The number of aromatic hydroxyl groups is 1. The van der Waals surface area contributed by atoms with Crippen LogP contribution >= 0.6 is 0 Å². The van der Waals surface area contributed by atoms with Crippen molar-refractivity contribution in [1.82, 2.24) is 4.90 Å². The lowest BCUT2D eigenvalue weighted by Crippen LogP contribution is -2.27. The highest BCUT2D eigenvalue weighted by Crippen LogP contribution is 2.24. The quantitative estimate of drug-likeness (QED) is 0.411. The van der Waals surface area contributed by atoms with E-state index in [4.69, 9.17) is 0 Å². The molecular formula is C31H42N2O. The maximum Gasteiger partial charge on any atom is 0.115 e. The fraction of sp³-hybridized carbons (Fsp3) is 0.419. The number of nitrogens with one attached hydrogen (secondary N) is 1. The largest absolute Gasteiger partial charge is 0.508 e. The standard InChI is InChI=1S/C15H24N2.C10H12O.C6H6/c1-2-6-14-9-11-17(13-14)12-10-16-15-7-4-3-5-8-15;11-10-6-5-8-3-1-2-4-9(8)7-10;1-2-4-6-5-3-1/h3-5,7-8,14,16H,2,6,9-13H2,1H3;5-7,11H,1-4H2;1-6H/t14-;;/m1../s1. The molecule has 1 fully saturated rings. The number of benzene rings is 3. The molecule has 34 heavy (non-hydrogen) atoms. The van der Waals surface area contributed by atoms with Crippen molar-refractivity contribution in [3.05, 3.63) is 96.1 Å². The molecule has 3 aromatic rings. The number of anilines is 1. The highest BCUT2D eigenvalue weighted by Gasteiger charge is 2.20. The number of likely N-dealkylation sites (tertiary alicyclic amines) is 1. The Morgan fingerprint density at radius 2 is 1.50 bits per heavy atom. The van der Waals surface area contributed by atoms with Crippen molar-refractivity contribution in [3.63, 3.8) is 0 Å². The zero-order valence-electron chi connectivity index (χ0n) is 20.8. The topological polar surface area (TPSA) is 35.5 Å². The van der Waals surface area contributed by atoms with Crippen molar-refractivity contribution in [3.8, 4) is 5.75 Å². The number of nitrogens with zero attached hydrogens (tertiary/aromatic N) is 1. The monoisotopic (exact) mass is 458 g/mol. The van der Waals surface area contributed by atoms with Gasteiger partial charge in [-0.2, -0.15) is 0 Å². The molecule has 3 aromatic carbocycles. The molecule has 0 bridgehead atoms. The van der Waals surface area contributed by atoms with Gasteiger partial charge in [-0.3, -0.25) is 0 Å². The molecule has 2 aliphatic rings. The summed E-state index contributed by atoms with van der Waals surface area (Å²) in [7, 11) is 0. The van der Waals surface area contributed by atoms with Crippen molar-refractivity contribution < 1.29 is 5.11 Å². The summed E-state index contributed by atoms with van der Waals surface area (Å²) in [5, 5.41) is 12.7. The zero-order chi connectivity index (χ0) is 23.8. The number of hydrogen-bond donors (Lipinski definition) is 2. The summed E-state index contributed by atoms with van der Waals surface area (Å²) in [6.07, 6.45) is 9.05. The van der Waals surface area contributed by atoms with Crippen LogP contribution in [0.4, 0.5) is 5.69 Å². The first-order valence-electron chi connectivity index (χ1n) is 13.1. The van der Waals surface area contributed by atoms with Gasteiger partial charge in [0.1, 0.15) is 5.75 Å². The first-order chi connectivity index (χ1) is 16.7. The second kappa shape index (κ2) is 15.2. The van der Waals surface area contributed by atoms with E-state index in [1.807, 2.05) is 48.5 Å². The molecule has 2 N–H and O–H groups in total. The predicted octanol–water partition coefficient (Wildman–Crippen LogP) is 7.18. The molecule has 1 heterocycles. The molecule has 0 radical (unpaired) electrons. The molecule has 1 aliphatic heterocycles. The van der Waals surface area contributed by atoms with E-state index in [0.29, 0.717) is 5.75 Å². The summed E-state index contributed by atoms with van der Waals surface area (Å²) >= 11 is 0. The smallest absolute Gasteiger partial charge is 0.115 e. The second-order valence-electron chi connectivity index (χ2n) is 9.35. The van der Waals surface area contributed by atoms with Crippen LogP contribution in [-0.2, 0) is 12.8 Å². The minimum atomic E-state index is 0.408. The molecule has 0 spiro atoms. The number of para-hydroxylation sites is 1. The number of fused-ring (bicyclic) bond motifs is 1. The Hall–Kier alpha value is -2.78. The van der Waals surface area contributed by atoms with Gasteiger partial charge in [0.15, 0.2) is 0 Å². The number of phenols is 1. The average molecular weight is 459 g/mol. The Bertz CT molecular complexity index is 887. The zero-order valence-corrected chi connectivity index (χ0v) is 20.8. The first kappa shape index (κ1) is 25.8. The highest BCUT2D eigenvalue weighted by molar-refractivity contribution is 5.42. The van der Waals surface area contributed by atoms with E-state index in [0.717, 1.165) is 18.9 Å². The van der Waals surface area contributed by atoms with Crippen LogP contribution in [0, 0.1) is 5.92 Å². The van der Waals surface area contributed by atoms with Crippen LogP contribution in [-0.4, -0.2) is 36.2 Å². The van der Waals surface area contributed by atoms with Crippen LogP contribution in [0.5, 0.6) is 5.75 Å². The molecule has 0 aromatic heterocycles. The van der Waals surface area contributed by atoms with Gasteiger partial charge < -0.3 is 15.3 Å². The van der Waals surface area contributed by atoms with Gasteiger partial charge in [-0.05, 0) is 86.4 Å². The normalized spacial score (nSPS) is 16.9.